The molecule has 0 bridgehead atoms. The van der Waals surface area contributed by atoms with Crippen LogP contribution in [0, 0.1) is 0 Å². The number of alkyl halides is 3. The van der Waals surface area contributed by atoms with E-state index in [4.69, 9.17) is 10.2 Å². The van der Waals surface area contributed by atoms with E-state index < -0.39 is 23.3 Å². The van der Waals surface area contributed by atoms with Crippen molar-refractivity contribution >= 4 is 23.7 Å². The van der Waals surface area contributed by atoms with Crippen molar-refractivity contribution in [2.75, 3.05) is 13.1 Å². The number of amides is 3. The Morgan fingerprint density at radius 1 is 1.16 bits per heavy atom. The molecule has 2 aliphatic heterocycles. The number of benzene rings is 1. The predicted molar refractivity (Wildman–Crippen MR) is 111 cm³/mol. The van der Waals surface area contributed by atoms with Crippen LogP contribution in [0.2, 0.25) is 0 Å². The number of nitrogens with two attached hydrogens (primary N) is 1. The van der Waals surface area contributed by atoms with Crippen LogP contribution in [0.25, 0.3) is 0 Å². The molecule has 1 unspecified atom stereocenters. The Labute approximate surface area is 186 Å². The average molecular weight is 466 g/mol. The number of nitrogens with zero attached hydrogens (tertiary/aromatic N) is 3. The number of primary amides is 1. The summed E-state index contributed by atoms with van der Waals surface area (Å²) in [6, 6.07) is 11.3. The number of hydrogen-bond donors (Lipinski definition) is 1. The second kappa shape index (κ2) is 8.45. The first-order valence-corrected chi connectivity index (χ1v) is 10.7. The fraction of sp³-hybridized carbons (Fsp3) is 0.333. The average Bonchev–Trinajstić information content (AvgIpc) is 3.43. The van der Waals surface area contributed by atoms with Gasteiger partial charge in [-0.1, -0.05) is 42.1 Å². The molecule has 1 atom stereocenters. The summed E-state index contributed by atoms with van der Waals surface area (Å²) in [6.45, 7) is 2.86. The number of furan rings is 1. The van der Waals surface area contributed by atoms with Crippen LogP contribution in [0.15, 0.2) is 57.5 Å². The summed E-state index contributed by atoms with van der Waals surface area (Å²) >= 11 is 1.21. The molecule has 32 heavy (non-hydrogen) atoms. The summed E-state index contributed by atoms with van der Waals surface area (Å²) in [5.74, 6) is -1.60. The van der Waals surface area contributed by atoms with Gasteiger partial charge in [-0.25, -0.2) is 4.79 Å². The summed E-state index contributed by atoms with van der Waals surface area (Å²) < 4.78 is 43.2. The number of urea groups is 1. The van der Waals surface area contributed by atoms with Gasteiger partial charge in [0.15, 0.2) is 5.50 Å². The molecule has 3 heterocycles. The van der Waals surface area contributed by atoms with E-state index in [-0.39, 0.29) is 18.3 Å². The van der Waals surface area contributed by atoms with Gasteiger partial charge >= 0.3 is 12.2 Å². The summed E-state index contributed by atoms with van der Waals surface area (Å²) in [6.07, 6.45) is -4.58. The molecule has 11 heteroatoms. The Hall–Kier alpha value is -3.08. The minimum absolute atomic E-state index is 0.0554. The highest BCUT2D eigenvalue weighted by atomic mass is 32.2. The quantitative estimate of drug-likeness (QED) is 0.701. The molecule has 7 nitrogen and oxygen atoms in total. The lowest BCUT2D eigenvalue weighted by Crippen LogP contribution is -2.45. The van der Waals surface area contributed by atoms with Crippen LogP contribution in [-0.4, -0.2) is 45.2 Å². The zero-order chi connectivity index (χ0) is 23.0. The molecule has 1 aromatic heterocycles. The van der Waals surface area contributed by atoms with Crippen molar-refractivity contribution in [1.82, 2.24) is 14.7 Å². The van der Waals surface area contributed by atoms with E-state index in [9.17, 15) is 22.8 Å². The molecule has 2 N–H and O–H groups in total. The molecule has 2 aromatic rings. The number of halogens is 3. The van der Waals surface area contributed by atoms with Gasteiger partial charge in [0, 0.05) is 25.3 Å². The van der Waals surface area contributed by atoms with E-state index in [1.54, 1.807) is 11.8 Å². The molecular weight excluding hydrogens is 445 g/mol. The van der Waals surface area contributed by atoms with Gasteiger partial charge in [0.2, 0.25) is 5.76 Å². The second-order valence-corrected chi connectivity index (χ2v) is 8.56. The Bertz CT molecular complexity index is 1050. The van der Waals surface area contributed by atoms with Gasteiger partial charge in [-0.3, -0.25) is 9.69 Å². The summed E-state index contributed by atoms with van der Waals surface area (Å²) in [7, 11) is 0. The third-order valence-corrected chi connectivity index (χ3v) is 6.80. The minimum Gasteiger partial charge on any atom is -0.455 e. The molecule has 1 aromatic carbocycles. The number of rotatable bonds is 6. The third-order valence-electron chi connectivity index (χ3n) is 5.35. The van der Waals surface area contributed by atoms with Crippen molar-refractivity contribution in [2.24, 2.45) is 5.73 Å². The van der Waals surface area contributed by atoms with Gasteiger partial charge in [-0.2, -0.15) is 13.2 Å². The van der Waals surface area contributed by atoms with Gasteiger partial charge in [-0.15, -0.1) is 0 Å². The Morgan fingerprint density at radius 2 is 1.88 bits per heavy atom. The molecule has 2 aliphatic rings. The number of allylic oxidation sites excluding steroid dienone is 1. The lowest BCUT2D eigenvalue weighted by atomic mass is 10.2. The highest BCUT2D eigenvalue weighted by Crippen LogP contribution is 2.41. The molecular formula is C21H21F3N4O3S. The zero-order valence-corrected chi connectivity index (χ0v) is 17.9. The Balaban J connectivity index is 1.51. The van der Waals surface area contributed by atoms with Gasteiger partial charge in [0.25, 0.3) is 5.91 Å². The van der Waals surface area contributed by atoms with Crippen LogP contribution in [0.5, 0.6) is 0 Å². The van der Waals surface area contributed by atoms with Crippen molar-refractivity contribution in [3.05, 3.63) is 70.2 Å². The van der Waals surface area contributed by atoms with Gasteiger partial charge in [-0.05, 0) is 24.6 Å². The maximum atomic E-state index is 13.1. The maximum absolute atomic E-state index is 13.1. The molecule has 0 saturated carbocycles. The van der Waals surface area contributed by atoms with Crippen molar-refractivity contribution in [3.63, 3.8) is 0 Å². The largest absolute Gasteiger partial charge is 0.455 e. The number of hydrogen-bond acceptors (Lipinski definition) is 5. The third kappa shape index (κ3) is 4.29. The molecule has 170 valence electrons. The zero-order valence-electron chi connectivity index (χ0n) is 17.1. The van der Waals surface area contributed by atoms with Gasteiger partial charge < -0.3 is 20.0 Å². The smallest absolute Gasteiger partial charge is 0.449 e. The van der Waals surface area contributed by atoms with Crippen molar-refractivity contribution in [2.45, 2.75) is 31.7 Å². The van der Waals surface area contributed by atoms with E-state index in [1.165, 1.54) is 22.7 Å². The van der Waals surface area contributed by atoms with Crippen LogP contribution in [-0.2, 0) is 24.1 Å². The lowest BCUT2D eigenvalue weighted by Gasteiger charge is -2.34. The van der Waals surface area contributed by atoms with Gasteiger partial charge in [0.05, 0.1) is 11.4 Å². The van der Waals surface area contributed by atoms with E-state index in [0.717, 1.165) is 11.6 Å². The van der Waals surface area contributed by atoms with Crippen molar-refractivity contribution < 1.29 is 27.2 Å². The highest BCUT2D eigenvalue weighted by molar-refractivity contribution is 8.04. The Kier molecular flexibility index (Phi) is 5.85. The molecule has 0 radical (unpaired) electrons. The minimum atomic E-state index is -4.58. The van der Waals surface area contributed by atoms with Crippen LogP contribution < -0.4 is 5.73 Å². The van der Waals surface area contributed by atoms with Crippen LogP contribution in [0.1, 0.15) is 24.0 Å². The number of carbonyl (C=O) groups excluding carboxylic acids is 2. The molecule has 3 amide bonds. The Morgan fingerprint density at radius 3 is 2.50 bits per heavy atom. The van der Waals surface area contributed by atoms with Crippen LogP contribution >= 0.6 is 11.8 Å². The fourth-order valence-electron chi connectivity index (χ4n) is 3.75. The maximum Gasteiger partial charge on any atom is 0.449 e. The number of thioether (sulfide) groups is 1. The van der Waals surface area contributed by atoms with Gasteiger partial charge in [0.1, 0.15) is 5.76 Å². The van der Waals surface area contributed by atoms with Crippen LogP contribution in [0.4, 0.5) is 18.0 Å². The second-order valence-electron chi connectivity index (χ2n) is 7.50. The first kappa shape index (κ1) is 22.1. The molecule has 0 spiro atoms. The summed E-state index contributed by atoms with van der Waals surface area (Å²) in [5, 5.41) is 0. The fourth-order valence-corrected chi connectivity index (χ4v) is 5.05. The first-order valence-electron chi connectivity index (χ1n) is 9.84. The highest BCUT2D eigenvalue weighted by Gasteiger charge is 2.43. The van der Waals surface area contributed by atoms with E-state index in [1.807, 2.05) is 35.2 Å². The lowest BCUT2D eigenvalue weighted by molar-refractivity contribution is -0.153. The topological polar surface area (TPSA) is 83.0 Å². The van der Waals surface area contributed by atoms with E-state index >= 15 is 0 Å². The predicted octanol–water partition coefficient (Wildman–Crippen LogP) is 3.79. The molecule has 1 saturated heterocycles. The number of carbonyl (C=O) groups is 2. The van der Waals surface area contributed by atoms with E-state index in [2.05, 4.69) is 0 Å². The first-order chi connectivity index (χ1) is 15.1. The standard InChI is InChI=1S/C21H21F3N4O3S/c1-13-17(18(25)29)32-20(28(13)11-14-5-3-2-4-6-14)27-10-9-26(19(27)30)12-15-7-8-16(31-15)21(22,23)24/h2-8,20H,9-12H2,1H3,(H2,25,29). The van der Waals surface area contributed by atoms with Crippen molar-refractivity contribution in [1.29, 1.82) is 0 Å². The normalized spacial score (nSPS) is 19.4. The SMILES string of the molecule is CC1=C(C(N)=O)SC(N2CCN(Cc3ccc(C(F)(F)F)o3)C2=O)N1Cc1ccccc1. The van der Waals surface area contributed by atoms with E-state index in [0.29, 0.717) is 30.2 Å². The molecule has 0 aliphatic carbocycles. The summed E-state index contributed by atoms with van der Waals surface area (Å²) in [4.78, 5) is 30.4. The molecule has 1 fully saturated rings. The summed E-state index contributed by atoms with van der Waals surface area (Å²) in [5.41, 5.74) is 6.74. The monoisotopic (exact) mass is 466 g/mol. The molecule has 4 rings (SSSR count). The van der Waals surface area contributed by atoms with Crippen LogP contribution in [0.3, 0.4) is 0 Å². The van der Waals surface area contributed by atoms with Crippen molar-refractivity contribution in [3.8, 4) is 0 Å².